The Labute approximate surface area is 126 Å². The van der Waals surface area contributed by atoms with Crippen molar-refractivity contribution in [2.24, 2.45) is 0 Å². The van der Waals surface area contributed by atoms with Crippen molar-refractivity contribution in [1.82, 2.24) is 9.47 Å². The van der Waals surface area contributed by atoms with E-state index in [0.29, 0.717) is 0 Å². The summed E-state index contributed by atoms with van der Waals surface area (Å²) in [6.45, 7) is 5.76. The van der Waals surface area contributed by atoms with E-state index in [9.17, 15) is 4.79 Å². The maximum Gasteiger partial charge on any atom is 0.321 e. The fourth-order valence-electron chi connectivity index (χ4n) is 2.28. The third-order valence-corrected chi connectivity index (χ3v) is 3.30. The van der Waals surface area contributed by atoms with Gasteiger partial charge in [0.25, 0.3) is 0 Å². The molecule has 0 aliphatic rings. The lowest BCUT2D eigenvalue weighted by atomic mass is 10.2. The fraction of sp³-hybridized carbons (Fsp3) is 0.353. The number of carbonyl (C=O) groups excluding carboxylic acids is 1. The van der Waals surface area contributed by atoms with Gasteiger partial charge in [0.2, 0.25) is 0 Å². The number of aromatic nitrogens is 1. The van der Waals surface area contributed by atoms with E-state index in [0.717, 1.165) is 37.3 Å². The predicted octanol–water partition coefficient (Wildman–Crippen LogP) is 4.13. The average molecular weight is 285 g/mol. The van der Waals surface area contributed by atoms with Crippen molar-refractivity contribution in [2.45, 2.75) is 26.7 Å². The number of hydrogen-bond acceptors (Lipinski definition) is 1. The third kappa shape index (κ3) is 4.12. The van der Waals surface area contributed by atoms with Crippen LogP contribution in [0.4, 0.5) is 10.5 Å². The molecule has 0 radical (unpaired) electrons. The zero-order valence-electron chi connectivity index (χ0n) is 12.7. The summed E-state index contributed by atoms with van der Waals surface area (Å²) in [5.41, 5.74) is 1.91. The van der Waals surface area contributed by atoms with Crippen molar-refractivity contribution < 1.29 is 4.79 Å². The molecule has 112 valence electrons. The highest BCUT2D eigenvalue weighted by atomic mass is 16.2. The number of carbonyl (C=O) groups is 1. The van der Waals surface area contributed by atoms with Crippen molar-refractivity contribution in [3.8, 4) is 5.69 Å². The summed E-state index contributed by atoms with van der Waals surface area (Å²) in [4.78, 5) is 14.1. The topological polar surface area (TPSA) is 37.3 Å². The van der Waals surface area contributed by atoms with Gasteiger partial charge in [0.05, 0.1) is 0 Å². The maximum atomic E-state index is 12.2. The Morgan fingerprint density at radius 1 is 1.05 bits per heavy atom. The van der Waals surface area contributed by atoms with Gasteiger partial charge in [-0.15, -0.1) is 0 Å². The van der Waals surface area contributed by atoms with Crippen LogP contribution in [-0.4, -0.2) is 28.6 Å². The van der Waals surface area contributed by atoms with Gasteiger partial charge < -0.3 is 14.8 Å². The molecule has 0 unspecified atom stereocenters. The first-order chi connectivity index (χ1) is 10.2. The summed E-state index contributed by atoms with van der Waals surface area (Å²) in [5, 5.41) is 2.96. The van der Waals surface area contributed by atoms with E-state index >= 15 is 0 Å². The molecule has 1 aromatic heterocycles. The van der Waals surface area contributed by atoms with Gasteiger partial charge in [-0.3, -0.25) is 0 Å². The first-order valence-corrected chi connectivity index (χ1v) is 7.54. The van der Waals surface area contributed by atoms with Crippen LogP contribution in [0.1, 0.15) is 26.7 Å². The SMILES string of the molecule is CCCN(CCC)C(=O)Nc1ccc(-n2cccc2)cc1. The number of nitrogens with one attached hydrogen (secondary N) is 1. The molecule has 0 bridgehead atoms. The van der Waals surface area contributed by atoms with Crippen LogP contribution in [0.2, 0.25) is 0 Å². The van der Waals surface area contributed by atoms with Crippen LogP contribution in [-0.2, 0) is 0 Å². The Balaban J connectivity index is 2.00. The van der Waals surface area contributed by atoms with Crippen LogP contribution in [0.3, 0.4) is 0 Å². The molecule has 0 aliphatic heterocycles. The monoisotopic (exact) mass is 285 g/mol. The number of anilines is 1. The van der Waals surface area contributed by atoms with Crippen molar-refractivity contribution >= 4 is 11.7 Å². The number of nitrogens with zero attached hydrogens (tertiary/aromatic N) is 2. The first kappa shape index (κ1) is 15.2. The van der Waals surface area contributed by atoms with Crippen LogP contribution in [0, 0.1) is 0 Å². The van der Waals surface area contributed by atoms with Crippen molar-refractivity contribution in [2.75, 3.05) is 18.4 Å². The number of urea groups is 1. The highest BCUT2D eigenvalue weighted by Gasteiger charge is 2.11. The van der Waals surface area contributed by atoms with Gasteiger partial charge in [-0.05, 0) is 49.2 Å². The Hall–Kier alpha value is -2.23. The molecule has 2 aromatic rings. The van der Waals surface area contributed by atoms with Crippen LogP contribution in [0.25, 0.3) is 5.69 Å². The van der Waals surface area contributed by atoms with E-state index in [1.54, 1.807) is 0 Å². The quantitative estimate of drug-likeness (QED) is 0.851. The Bertz CT molecular complexity index is 540. The molecular formula is C17H23N3O. The highest BCUT2D eigenvalue weighted by Crippen LogP contribution is 2.14. The molecule has 4 nitrogen and oxygen atoms in total. The Kier molecular flexibility index (Phi) is 5.43. The fourth-order valence-corrected chi connectivity index (χ4v) is 2.28. The second-order valence-corrected chi connectivity index (χ2v) is 5.05. The molecule has 0 saturated heterocycles. The third-order valence-electron chi connectivity index (χ3n) is 3.30. The number of rotatable bonds is 6. The van der Waals surface area contributed by atoms with Crippen molar-refractivity contribution in [3.63, 3.8) is 0 Å². The normalized spacial score (nSPS) is 10.4. The number of benzene rings is 1. The second-order valence-electron chi connectivity index (χ2n) is 5.05. The van der Waals surface area contributed by atoms with Crippen molar-refractivity contribution in [3.05, 3.63) is 48.8 Å². The molecule has 0 saturated carbocycles. The van der Waals surface area contributed by atoms with E-state index in [4.69, 9.17) is 0 Å². The van der Waals surface area contributed by atoms with Crippen LogP contribution < -0.4 is 5.32 Å². The van der Waals surface area contributed by atoms with Crippen molar-refractivity contribution in [1.29, 1.82) is 0 Å². The zero-order valence-corrected chi connectivity index (χ0v) is 12.7. The van der Waals surface area contributed by atoms with Crippen LogP contribution in [0.5, 0.6) is 0 Å². The standard InChI is InChI=1S/C17H23N3O/c1-3-11-20(12-4-2)17(21)18-15-7-9-16(10-8-15)19-13-5-6-14-19/h5-10,13-14H,3-4,11-12H2,1-2H3,(H,18,21). The first-order valence-electron chi connectivity index (χ1n) is 7.54. The van der Waals surface area contributed by atoms with Gasteiger partial charge in [0, 0.05) is 36.9 Å². The lowest BCUT2D eigenvalue weighted by Gasteiger charge is -2.22. The average Bonchev–Trinajstić information content (AvgIpc) is 3.02. The molecule has 1 N–H and O–H groups in total. The van der Waals surface area contributed by atoms with Gasteiger partial charge in [-0.1, -0.05) is 13.8 Å². The molecule has 21 heavy (non-hydrogen) atoms. The summed E-state index contributed by atoms with van der Waals surface area (Å²) in [5.74, 6) is 0. The molecule has 2 amide bonds. The minimum atomic E-state index is -0.0209. The number of hydrogen-bond donors (Lipinski definition) is 1. The van der Waals surface area contributed by atoms with Gasteiger partial charge in [-0.25, -0.2) is 4.79 Å². The molecule has 4 heteroatoms. The lowest BCUT2D eigenvalue weighted by Crippen LogP contribution is -2.36. The summed E-state index contributed by atoms with van der Waals surface area (Å²) in [6, 6.07) is 11.8. The van der Waals surface area contributed by atoms with Crippen LogP contribution >= 0.6 is 0 Å². The van der Waals surface area contributed by atoms with E-state index < -0.39 is 0 Å². The summed E-state index contributed by atoms with van der Waals surface area (Å²) >= 11 is 0. The molecule has 0 aliphatic carbocycles. The maximum absolute atomic E-state index is 12.2. The molecule has 0 spiro atoms. The molecule has 0 fully saturated rings. The lowest BCUT2D eigenvalue weighted by molar-refractivity contribution is 0.211. The zero-order chi connectivity index (χ0) is 15.1. The number of amides is 2. The molecule has 0 atom stereocenters. The summed E-state index contributed by atoms with van der Waals surface area (Å²) in [6.07, 6.45) is 5.94. The Morgan fingerprint density at radius 3 is 2.14 bits per heavy atom. The summed E-state index contributed by atoms with van der Waals surface area (Å²) < 4.78 is 2.03. The van der Waals surface area contributed by atoms with E-state index in [1.165, 1.54) is 0 Å². The largest absolute Gasteiger partial charge is 0.325 e. The smallest absolute Gasteiger partial charge is 0.321 e. The predicted molar refractivity (Wildman–Crippen MR) is 86.9 cm³/mol. The van der Waals surface area contributed by atoms with E-state index in [-0.39, 0.29) is 6.03 Å². The van der Waals surface area contributed by atoms with Gasteiger partial charge in [-0.2, -0.15) is 0 Å². The summed E-state index contributed by atoms with van der Waals surface area (Å²) in [7, 11) is 0. The Morgan fingerprint density at radius 2 is 1.62 bits per heavy atom. The van der Waals surface area contributed by atoms with Crippen LogP contribution in [0.15, 0.2) is 48.8 Å². The highest BCUT2D eigenvalue weighted by molar-refractivity contribution is 5.89. The molecule has 2 rings (SSSR count). The minimum absolute atomic E-state index is 0.0209. The van der Waals surface area contributed by atoms with Gasteiger partial charge in [0.1, 0.15) is 0 Å². The molecule has 1 aromatic carbocycles. The second kappa shape index (κ2) is 7.53. The van der Waals surface area contributed by atoms with E-state index in [2.05, 4.69) is 19.2 Å². The minimum Gasteiger partial charge on any atom is -0.325 e. The van der Waals surface area contributed by atoms with E-state index in [1.807, 2.05) is 58.3 Å². The molecular weight excluding hydrogens is 262 g/mol. The van der Waals surface area contributed by atoms with Gasteiger partial charge >= 0.3 is 6.03 Å². The van der Waals surface area contributed by atoms with Gasteiger partial charge in [0.15, 0.2) is 0 Å². The molecule has 1 heterocycles.